The molecule has 3 aromatic carbocycles. The first-order valence-corrected chi connectivity index (χ1v) is 11.8. The molecule has 8 nitrogen and oxygen atoms in total. The summed E-state index contributed by atoms with van der Waals surface area (Å²) >= 11 is 1.28. The average Bonchev–Trinajstić information content (AvgIpc) is 3.32. The number of rotatable bonds is 9. The van der Waals surface area contributed by atoms with E-state index in [1.807, 2.05) is 84.3 Å². The number of nitrogens with one attached hydrogen (secondary N) is 1. The summed E-state index contributed by atoms with van der Waals surface area (Å²) in [5.41, 5.74) is 6.32. The van der Waals surface area contributed by atoms with E-state index in [1.54, 1.807) is 20.4 Å². The Morgan fingerprint density at radius 2 is 1.63 bits per heavy atom. The number of aryl methyl sites for hydroxylation is 1. The molecule has 1 aromatic heterocycles. The van der Waals surface area contributed by atoms with Gasteiger partial charge < -0.3 is 9.47 Å². The van der Waals surface area contributed by atoms with Crippen molar-refractivity contribution >= 4 is 23.9 Å². The molecule has 0 aliphatic heterocycles. The zero-order chi connectivity index (χ0) is 24.6. The van der Waals surface area contributed by atoms with Crippen LogP contribution >= 0.6 is 11.8 Å². The number of carbonyl (C=O) groups excluding carboxylic acids is 1. The number of thioether (sulfide) groups is 1. The van der Waals surface area contributed by atoms with Gasteiger partial charge in [0.25, 0.3) is 5.91 Å². The zero-order valence-corrected chi connectivity index (χ0v) is 20.5. The summed E-state index contributed by atoms with van der Waals surface area (Å²) in [5, 5.41) is 13.4. The van der Waals surface area contributed by atoms with Gasteiger partial charge in [-0.1, -0.05) is 36.0 Å². The summed E-state index contributed by atoms with van der Waals surface area (Å²) in [6.07, 6.45) is 1.64. The second kappa shape index (κ2) is 11.3. The third kappa shape index (κ3) is 5.88. The lowest BCUT2D eigenvalue weighted by atomic mass is 10.1. The highest BCUT2D eigenvalue weighted by Crippen LogP contribution is 2.29. The van der Waals surface area contributed by atoms with Gasteiger partial charge in [0.15, 0.2) is 11.0 Å². The van der Waals surface area contributed by atoms with Crippen LogP contribution in [-0.2, 0) is 4.79 Å². The fourth-order valence-electron chi connectivity index (χ4n) is 3.32. The Balaban J connectivity index is 1.54. The molecule has 4 aromatic rings. The number of hydrogen-bond donors (Lipinski definition) is 1. The summed E-state index contributed by atoms with van der Waals surface area (Å²) in [5.74, 6) is 2.03. The molecule has 178 valence electrons. The number of nitrogens with zero attached hydrogens (tertiary/aromatic N) is 4. The van der Waals surface area contributed by atoms with Gasteiger partial charge in [0.1, 0.15) is 11.5 Å². The molecular weight excluding hydrogens is 462 g/mol. The summed E-state index contributed by atoms with van der Waals surface area (Å²) in [7, 11) is 3.25. The third-order valence-electron chi connectivity index (χ3n) is 5.23. The lowest BCUT2D eigenvalue weighted by Gasteiger charge is -2.11. The maximum absolute atomic E-state index is 12.4. The summed E-state index contributed by atoms with van der Waals surface area (Å²) in [4.78, 5) is 12.4. The number of benzene rings is 3. The van der Waals surface area contributed by atoms with E-state index in [4.69, 9.17) is 9.47 Å². The first-order chi connectivity index (χ1) is 17.1. The maximum atomic E-state index is 12.4. The molecular formula is C26H25N5O3S. The smallest absolute Gasteiger partial charge is 0.250 e. The molecule has 1 N–H and O–H groups in total. The first-order valence-electron chi connectivity index (χ1n) is 10.8. The Kier molecular flexibility index (Phi) is 7.79. The van der Waals surface area contributed by atoms with Crippen molar-refractivity contribution in [2.24, 2.45) is 5.10 Å². The van der Waals surface area contributed by atoms with Gasteiger partial charge in [-0.05, 0) is 66.6 Å². The van der Waals surface area contributed by atoms with Crippen LogP contribution in [0, 0.1) is 6.92 Å². The SMILES string of the molecule is COc1ccc(-c2nnc(SCC(=O)N/N=C\c3ccccc3C)n2-c2ccc(OC)cc2)cc1. The van der Waals surface area contributed by atoms with E-state index in [2.05, 4.69) is 20.7 Å². The van der Waals surface area contributed by atoms with E-state index in [0.717, 1.165) is 33.9 Å². The lowest BCUT2D eigenvalue weighted by molar-refractivity contribution is -0.118. The Morgan fingerprint density at radius 3 is 2.29 bits per heavy atom. The Hall–Kier alpha value is -4.11. The number of amides is 1. The third-order valence-corrected chi connectivity index (χ3v) is 6.15. The maximum Gasteiger partial charge on any atom is 0.250 e. The standard InChI is InChI=1S/C26H25N5O3S/c1-18-6-4-5-7-20(18)16-27-28-24(32)17-35-26-30-29-25(19-8-12-22(33-2)13-9-19)31(26)21-10-14-23(34-3)15-11-21/h4-16H,17H2,1-3H3,(H,28,32)/b27-16-. The van der Waals surface area contributed by atoms with Gasteiger partial charge in [-0.3, -0.25) is 9.36 Å². The Labute approximate surface area is 208 Å². The molecule has 0 bridgehead atoms. The highest BCUT2D eigenvalue weighted by atomic mass is 32.2. The van der Waals surface area contributed by atoms with Crippen LogP contribution in [0.4, 0.5) is 0 Å². The van der Waals surface area contributed by atoms with Gasteiger partial charge in [0.2, 0.25) is 0 Å². The number of hydrogen-bond acceptors (Lipinski definition) is 7. The Morgan fingerprint density at radius 1 is 0.971 bits per heavy atom. The molecule has 0 atom stereocenters. The van der Waals surface area contributed by atoms with Crippen LogP contribution in [0.15, 0.2) is 83.1 Å². The molecule has 0 fully saturated rings. The predicted molar refractivity (Wildman–Crippen MR) is 138 cm³/mol. The zero-order valence-electron chi connectivity index (χ0n) is 19.6. The molecule has 9 heteroatoms. The highest BCUT2D eigenvalue weighted by Gasteiger charge is 2.17. The van der Waals surface area contributed by atoms with E-state index in [1.165, 1.54) is 11.8 Å². The second-order valence-electron chi connectivity index (χ2n) is 7.51. The summed E-state index contributed by atoms with van der Waals surface area (Å²) in [6, 6.07) is 23.0. The van der Waals surface area contributed by atoms with E-state index in [0.29, 0.717) is 11.0 Å². The minimum absolute atomic E-state index is 0.127. The number of methoxy groups -OCH3 is 2. The van der Waals surface area contributed by atoms with Crippen LogP contribution in [0.1, 0.15) is 11.1 Å². The van der Waals surface area contributed by atoms with Crippen molar-refractivity contribution in [3.63, 3.8) is 0 Å². The molecule has 1 amide bonds. The average molecular weight is 488 g/mol. The Bertz CT molecular complexity index is 1320. The van der Waals surface area contributed by atoms with Crippen LogP contribution in [0.25, 0.3) is 17.1 Å². The van der Waals surface area contributed by atoms with Gasteiger partial charge in [0, 0.05) is 11.3 Å². The van der Waals surface area contributed by atoms with Crippen LogP contribution in [0.3, 0.4) is 0 Å². The molecule has 0 aliphatic rings. The highest BCUT2D eigenvalue weighted by molar-refractivity contribution is 7.99. The van der Waals surface area contributed by atoms with Gasteiger partial charge >= 0.3 is 0 Å². The van der Waals surface area contributed by atoms with Crippen LogP contribution < -0.4 is 14.9 Å². The summed E-state index contributed by atoms with van der Waals surface area (Å²) < 4.78 is 12.5. The number of hydrazone groups is 1. The van der Waals surface area contributed by atoms with Crippen molar-refractivity contribution in [3.8, 4) is 28.6 Å². The predicted octanol–water partition coefficient (Wildman–Crippen LogP) is 4.50. The first kappa shape index (κ1) is 24.0. The molecule has 0 saturated carbocycles. The molecule has 1 heterocycles. The normalized spacial score (nSPS) is 10.9. The number of carbonyl (C=O) groups is 1. The topological polar surface area (TPSA) is 90.6 Å². The van der Waals surface area contributed by atoms with Crippen molar-refractivity contribution in [1.29, 1.82) is 0 Å². The van der Waals surface area contributed by atoms with Crippen molar-refractivity contribution in [2.45, 2.75) is 12.1 Å². The minimum Gasteiger partial charge on any atom is -0.497 e. The van der Waals surface area contributed by atoms with E-state index in [9.17, 15) is 4.79 Å². The monoisotopic (exact) mass is 487 g/mol. The molecule has 4 rings (SSSR count). The quantitative estimate of drug-likeness (QED) is 0.212. The minimum atomic E-state index is -0.241. The van der Waals surface area contributed by atoms with Crippen LogP contribution in [-0.4, -0.2) is 46.9 Å². The lowest BCUT2D eigenvalue weighted by Crippen LogP contribution is -2.20. The van der Waals surface area contributed by atoms with Crippen molar-refractivity contribution in [1.82, 2.24) is 20.2 Å². The molecule has 0 radical (unpaired) electrons. The van der Waals surface area contributed by atoms with Gasteiger partial charge in [-0.2, -0.15) is 5.10 Å². The summed E-state index contributed by atoms with van der Waals surface area (Å²) in [6.45, 7) is 1.99. The van der Waals surface area contributed by atoms with Crippen molar-refractivity contribution in [3.05, 3.63) is 83.9 Å². The largest absolute Gasteiger partial charge is 0.497 e. The fourth-order valence-corrected chi connectivity index (χ4v) is 4.07. The van der Waals surface area contributed by atoms with Crippen molar-refractivity contribution in [2.75, 3.05) is 20.0 Å². The molecule has 0 spiro atoms. The van der Waals surface area contributed by atoms with Gasteiger partial charge in [-0.15, -0.1) is 10.2 Å². The number of aromatic nitrogens is 3. The van der Waals surface area contributed by atoms with Crippen molar-refractivity contribution < 1.29 is 14.3 Å². The van der Waals surface area contributed by atoms with Crippen LogP contribution in [0.2, 0.25) is 0 Å². The second-order valence-corrected chi connectivity index (χ2v) is 8.45. The number of ether oxygens (including phenoxy) is 2. The van der Waals surface area contributed by atoms with E-state index < -0.39 is 0 Å². The molecule has 0 aliphatic carbocycles. The fraction of sp³-hybridized carbons (Fsp3) is 0.154. The van der Waals surface area contributed by atoms with Gasteiger partial charge in [0.05, 0.1) is 26.2 Å². The van der Waals surface area contributed by atoms with E-state index in [-0.39, 0.29) is 11.7 Å². The van der Waals surface area contributed by atoms with Gasteiger partial charge in [-0.25, -0.2) is 5.43 Å². The molecule has 0 saturated heterocycles. The molecule has 0 unspecified atom stereocenters. The molecule has 35 heavy (non-hydrogen) atoms. The van der Waals surface area contributed by atoms with E-state index >= 15 is 0 Å². The van der Waals surface area contributed by atoms with Crippen LogP contribution in [0.5, 0.6) is 11.5 Å².